The molecule has 0 unspecified atom stereocenters. The number of nitrogens with one attached hydrogen (secondary N) is 1. The number of rotatable bonds is 12. The van der Waals surface area contributed by atoms with Crippen LogP contribution in [0.4, 0.5) is 18.9 Å². The highest BCUT2D eigenvalue weighted by Crippen LogP contribution is 2.37. The second kappa shape index (κ2) is 14.5. The first-order valence-corrected chi connectivity index (χ1v) is 15.9. The van der Waals surface area contributed by atoms with E-state index in [-0.39, 0.29) is 19.0 Å². The van der Waals surface area contributed by atoms with Crippen molar-refractivity contribution in [3.05, 3.63) is 99.5 Å². The van der Waals surface area contributed by atoms with E-state index in [2.05, 4.69) is 5.32 Å². The molecule has 3 aromatic carbocycles. The lowest BCUT2D eigenvalue weighted by Crippen LogP contribution is -2.54. The van der Waals surface area contributed by atoms with Crippen molar-refractivity contribution in [3.8, 4) is 0 Å². The summed E-state index contributed by atoms with van der Waals surface area (Å²) in [7, 11) is -4.27. The SMILES string of the molecule is CC[C@H](C)NC(=O)[C@@H](Cc1ccccc1)N(Cc1ccc(Cl)cc1)C(=O)CN(c1ccc(Cl)c(C(F)(F)F)c1)S(C)(=O)=O. The van der Waals surface area contributed by atoms with Crippen LogP contribution in [-0.4, -0.2) is 50.0 Å². The molecule has 2 atom stereocenters. The van der Waals surface area contributed by atoms with Crippen LogP contribution < -0.4 is 9.62 Å². The van der Waals surface area contributed by atoms with Gasteiger partial charge in [-0.25, -0.2) is 8.42 Å². The van der Waals surface area contributed by atoms with Crippen LogP contribution in [0.2, 0.25) is 10.0 Å². The van der Waals surface area contributed by atoms with Crippen LogP contribution in [0.1, 0.15) is 37.0 Å². The van der Waals surface area contributed by atoms with E-state index in [0.29, 0.717) is 27.4 Å². The molecule has 0 saturated heterocycles. The molecule has 0 fully saturated rings. The minimum Gasteiger partial charge on any atom is -0.352 e. The molecule has 2 amide bonds. The quantitative estimate of drug-likeness (QED) is 0.247. The topological polar surface area (TPSA) is 86.8 Å². The minimum atomic E-state index is -4.87. The van der Waals surface area contributed by atoms with Gasteiger partial charge >= 0.3 is 6.18 Å². The van der Waals surface area contributed by atoms with Gasteiger partial charge in [0.05, 0.1) is 22.5 Å². The number of amides is 2. The third-order valence-electron chi connectivity index (χ3n) is 6.76. The molecule has 1 N–H and O–H groups in total. The van der Waals surface area contributed by atoms with Gasteiger partial charge in [-0.2, -0.15) is 13.2 Å². The lowest BCUT2D eigenvalue weighted by Gasteiger charge is -2.34. The molecule has 0 aliphatic carbocycles. The van der Waals surface area contributed by atoms with E-state index in [4.69, 9.17) is 23.2 Å². The molecule has 0 aliphatic heterocycles. The summed E-state index contributed by atoms with van der Waals surface area (Å²) in [5, 5.41) is 2.73. The number of hydrogen-bond donors (Lipinski definition) is 1. The van der Waals surface area contributed by atoms with Crippen molar-refractivity contribution in [2.24, 2.45) is 0 Å². The maximum atomic E-state index is 14.1. The first-order valence-electron chi connectivity index (χ1n) is 13.3. The summed E-state index contributed by atoms with van der Waals surface area (Å²) in [5.74, 6) is -1.26. The van der Waals surface area contributed by atoms with Crippen LogP contribution in [0.3, 0.4) is 0 Å². The van der Waals surface area contributed by atoms with Crippen LogP contribution >= 0.6 is 23.2 Å². The van der Waals surface area contributed by atoms with Crippen molar-refractivity contribution < 1.29 is 31.2 Å². The summed E-state index contributed by atoms with van der Waals surface area (Å²) in [6, 6.07) is 16.8. The fraction of sp³-hybridized carbons (Fsp3) is 0.333. The van der Waals surface area contributed by atoms with Crippen LogP contribution in [0.15, 0.2) is 72.8 Å². The van der Waals surface area contributed by atoms with E-state index < -0.39 is 56.9 Å². The number of sulfonamides is 1. The summed E-state index contributed by atoms with van der Waals surface area (Å²) >= 11 is 11.8. The summed E-state index contributed by atoms with van der Waals surface area (Å²) in [6.45, 7) is 2.73. The number of nitrogens with zero attached hydrogens (tertiary/aromatic N) is 2. The smallest absolute Gasteiger partial charge is 0.352 e. The van der Waals surface area contributed by atoms with E-state index in [1.165, 1.54) is 4.90 Å². The third kappa shape index (κ3) is 9.61. The number of hydrogen-bond acceptors (Lipinski definition) is 4. The number of anilines is 1. The number of carbonyl (C=O) groups is 2. The second-order valence-corrected chi connectivity index (χ2v) is 12.9. The van der Waals surface area contributed by atoms with Gasteiger partial charge in [0, 0.05) is 24.0 Å². The van der Waals surface area contributed by atoms with Gasteiger partial charge in [-0.05, 0) is 54.8 Å². The highest BCUT2D eigenvalue weighted by Gasteiger charge is 2.36. The van der Waals surface area contributed by atoms with Gasteiger partial charge in [0.15, 0.2) is 0 Å². The van der Waals surface area contributed by atoms with Crippen LogP contribution in [0.25, 0.3) is 0 Å². The van der Waals surface area contributed by atoms with E-state index >= 15 is 0 Å². The molecular weight excluding hydrogens is 626 g/mol. The van der Waals surface area contributed by atoms with E-state index in [1.807, 2.05) is 13.8 Å². The van der Waals surface area contributed by atoms with Crippen molar-refractivity contribution in [3.63, 3.8) is 0 Å². The second-order valence-electron chi connectivity index (χ2n) is 10.1. The van der Waals surface area contributed by atoms with Crippen molar-refractivity contribution in [1.82, 2.24) is 10.2 Å². The van der Waals surface area contributed by atoms with Gasteiger partial charge in [0.1, 0.15) is 12.6 Å². The average Bonchev–Trinajstić information content (AvgIpc) is 2.94. The zero-order valence-corrected chi connectivity index (χ0v) is 26.1. The molecule has 0 heterocycles. The van der Waals surface area contributed by atoms with E-state index in [0.717, 1.165) is 24.0 Å². The molecule has 0 aromatic heterocycles. The minimum absolute atomic E-state index is 0.0977. The van der Waals surface area contributed by atoms with Gasteiger partial charge in [-0.15, -0.1) is 0 Å². The van der Waals surface area contributed by atoms with E-state index in [9.17, 15) is 31.2 Å². The van der Waals surface area contributed by atoms with Crippen LogP contribution in [0, 0.1) is 0 Å². The van der Waals surface area contributed by atoms with Crippen LogP contribution in [-0.2, 0) is 38.8 Å². The van der Waals surface area contributed by atoms with Gasteiger partial charge in [0.2, 0.25) is 21.8 Å². The first kappa shape index (κ1) is 34.2. The third-order valence-corrected chi connectivity index (χ3v) is 8.48. The molecular formula is C30H32Cl2F3N3O4S. The summed E-state index contributed by atoms with van der Waals surface area (Å²) in [5.41, 5.74) is -0.305. The first-order chi connectivity index (χ1) is 20.1. The predicted octanol–water partition coefficient (Wildman–Crippen LogP) is 6.33. The van der Waals surface area contributed by atoms with Crippen molar-refractivity contribution in [2.75, 3.05) is 17.1 Å². The van der Waals surface area contributed by atoms with Gasteiger partial charge in [0.25, 0.3) is 0 Å². The summed E-state index contributed by atoms with van der Waals surface area (Å²) in [4.78, 5) is 28.9. The number of carbonyl (C=O) groups excluding carboxylic acids is 2. The number of halogens is 5. The van der Waals surface area contributed by atoms with Crippen molar-refractivity contribution >= 4 is 50.7 Å². The van der Waals surface area contributed by atoms with Crippen LogP contribution in [0.5, 0.6) is 0 Å². The average molecular weight is 659 g/mol. The molecule has 7 nitrogen and oxygen atoms in total. The Labute approximate surface area is 259 Å². The molecule has 43 heavy (non-hydrogen) atoms. The Morgan fingerprint density at radius 3 is 2.14 bits per heavy atom. The Bertz CT molecular complexity index is 1520. The fourth-order valence-corrected chi connectivity index (χ4v) is 5.47. The Morgan fingerprint density at radius 2 is 1.58 bits per heavy atom. The molecule has 0 aliphatic rings. The predicted molar refractivity (Wildman–Crippen MR) is 162 cm³/mol. The molecule has 3 rings (SSSR count). The van der Waals surface area contributed by atoms with Gasteiger partial charge in [-0.3, -0.25) is 13.9 Å². The number of alkyl halides is 3. The Hall–Kier alpha value is -3.28. The van der Waals surface area contributed by atoms with Gasteiger partial charge < -0.3 is 10.2 Å². The van der Waals surface area contributed by atoms with Crippen molar-refractivity contribution in [1.29, 1.82) is 0 Å². The Morgan fingerprint density at radius 1 is 0.953 bits per heavy atom. The standard InChI is InChI=1S/C30H32Cl2F3N3O4S/c1-4-20(2)36-29(40)27(16-21-8-6-5-7-9-21)37(18-22-10-12-23(31)13-11-22)28(39)19-38(43(3,41)42)24-14-15-26(32)25(17-24)30(33,34)35/h5-15,17,20,27H,4,16,18-19H2,1-3H3,(H,36,40)/t20-,27+/m0/s1. The normalized spacial score (nSPS) is 13.2. The Kier molecular flexibility index (Phi) is 11.5. The summed E-state index contributed by atoms with van der Waals surface area (Å²) < 4.78 is 67.1. The zero-order valence-electron chi connectivity index (χ0n) is 23.7. The maximum Gasteiger partial charge on any atom is 0.417 e. The molecule has 13 heteroatoms. The largest absolute Gasteiger partial charge is 0.417 e. The number of benzene rings is 3. The zero-order chi connectivity index (χ0) is 31.9. The lowest BCUT2D eigenvalue weighted by molar-refractivity contribution is -0.140. The highest BCUT2D eigenvalue weighted by molar-refractivity contribution is 7.92. The summed E-state index contributed by atoms with van der Waals surface area (Å²) in [6.07, 6.45) is -3.37. The monoisotopic (exact) mass is 657 g/mol. The molecule has 0 spiro atoms. The molecule has 3 aromatic rings. The lowest BCUT2D eigenvalue weighted by atomic mass is 10.0. The molecule has 0 saturated carbocycles. The molecule has 0 radical (unpaired) electrons. The van der Waals surface area contributed by atoms with E-state index in [1.54, 1.807) is 54.6 Å². The fourth-order valence-electron chi connectivity index (χ4n) is 4.28. The van der Waals surface area contributed by atoms with Crippen molar-refractivity contribution in [2.45, 2.75) is 51.5 Å². The van der Waals surface area contributed by atoms with Gasteiger partial charge in [-0.1, -0.05) is 72.6 Å². The maximum absolute atomic E-state index is 14.1. The molecule has 232 valence electrons. The molecule has 0 bridgehead atoms. The highest BCUT2D eigenvalue weighted by atomic mass is 35.5. The Balaban J connectivity index is 2.10.